The van der Waals surface area contributed by atoms with Crippen molar-refractivity contribution in [3.8, 4) is 0 Å². The summed E-state index contributed by atoms with van der Waals surface area (Å²) in [7, 11) is 0. The highest BCUT2D eigenvalue weighted by Crippen LogP contribution is 1.85. The molecule has 0 aromatic carbocycles. The van der Waals surface area contributed by atoms with Gasteiger partial charge in [0, 0.05) is 0 Å². The van der Waals surface area contributed by atoms with Gasteiger partial charge in [-0.05, 0) is 13.8 Å². The van der Waals surface area contributed by atoms with E-state index in [0.29, 0.717) is 0 Å². The summed E-state index contributed by atoms with van der Waals surface area (Å²) >= 11 is 0. The summed E-state index contributed by atoms with van der Waals surface area (Å²) in [5.74, 6) is 0. The fraction of sp³-hybridized carbons (Fsp3) is 0.300. The molecule has 0 unspecified atom stereocenters. The maximum absolute atomic E-state index is 9.59. The van der Waals surface area contributed by atoms with Crippen LogP contribution in [-0.2, 0) is 4.74 Å². The lowest BCUT2D eigenvalue weighted by molar-refractivity contribution is 0.0660. The highest BCUT2D eigenvalue weighted by molar-refractivity contribution is 5.56. The first-order valence-electron chi connectivity index (χ1n) is 3.52. The van der Waals surface area contributed by atoms with Crippen LogP contribution in [0.3, 0.4) is 0 Å². The number of carbonyl (C=O) groups is 1. The molecule has 0 rings (SSSR count). The monoisotopic (exact) mass is 222 g/mol. The Bertz CT molecular complexity index is 104. The zero-order valence-electron chi connectivity index (χ0n) is 10.00. The van der Waals surface area contributed by atoms with Crippen molar-refractivity contribution in [3.05, 3.63) is 39.5 Å². The van der Waals surface area contributed by atoms with Gasteiger partial charge in [0.05, 0.1) is 6.10 Å². The maximum atomic E-state index is 9.59. The predicted octanol–water partition coefficient (Wildman–Crippen LogP) is 3.82. The third-order valence-corrected chi connectivity index (χ3v) is 0.337. The van der Waals surface area contributed by atoms with Crippen LogP contribution in [0.4, 0.5) is 4.79 Å². The van der Waals surface area contributed by atoms with E-state index >= 15 is 0 Å². The Labute approximate surface area is 93.3 Å². The van der Waals surface area contributed by atoms with Crippen molar-refractivity contribution >= 4 is 6.16 Å². The minimum atomic E-state index is -1.21. The summed E-state index contributed by atoms with van der Waals surface area (Å²) in [6, 6.07) is 0. The second kappa shape index (κ2) is 55.2. The first-order valence-corrected chi connectivity index (χ1v) is 3.52. The van der Waals surface area contributed by atoms with Gasteiger partial charge in [-0.3, -0.25) is 0 Å². The maximum Gasteiger partial charge on any atom is 0.506 e. The lowest BCUT2D eigenvalue weighted by atomic mass is 10.5. The van der Waals surface area contributed by atoms with Crippen LogP contribution in [0.2, 0.25) is 0 Å². The molecule has 94 valence electrons. The highest BCUT2D eigenvalue weighted by atomic mass is 16.7. The minimum Gasteiger partial charge on any atom is -0.450 e. The third-order valence-electron chi connectivity index (χ3n) is 0.337. The molecule has 0 spiro atoms. The van der Waals surface area contributed by atoms with E-state index in [1.807, 2.05) is 0 Å². The molecule has 0 heterocycles. The standard InChI is InChI=1S/C4H8O3.3C2H4.2H3N/c1-3(2)7-4(5)6;3*1-2;;/h3H,1-2H3,(H,5,6);3*1-2H2;2*1H3. The van der Waals surface area contributed by atoms with Gasteiger partial charge < -0.3 is 22.1 Å². The fourth-order valence-electron chi connectivity index (χ4n) is 0.202. The molecule has 0 aromatic heterocycles. The van der Waals surface area contributed by atoms with Gasteiger partial charge in [0.2, 0.25) is 0 Å². The van der Waals surface area contributed by atoms with Crippen LogP contribution >= 0.6 is 0 Å². The lowest BCUT2D eigenvalue weighted by Gasteiger charge is -1.99. The largest absolute Gasteiger partial charge is 0.506 e. The van der Waals surface area contributed by atoms with Crippen LogP contribution < -0.4 is 12.3 Å². The SMILES string of the molecule is C=C.C=C.C=C.CC(C)OC(=O)O.N.N. The quantitative estimate of drug-likeness (QED) is 0.460. The third kappa shape index (κ3) is 232. The Morgan fingerprint density at radius 3 is 1.20 bits per heavy atom. The Morgan fingerprint density at radius 2 is 1.20 bits per heavy atom. The second-order valence-corrected chi connectivity index (χ2v) is 1.43. The summed E-state index contributed by atoms with van der Waals surface area (Å²) < 4.78 is 4.17. The van der Waals surface area contributed by atoms with Crippen molar-refractivity contribution in [3.63, 3.8) is 0 Å². The van der Waals surface area contributed by atoms with Crippen molar-refractivity contribution in [1.82, 2.24) is 12.3 Å². The van der Waals surface area contributed by atoms with Crippen molar-refractivity contribution in [2.75, 3.05) is 0 Å². The van der Waals surface area contributed by atoms with Gasteiger partial charge in [0.1, 0.15) is 0 Å². The zero-order valence-corrected chi connectivity index (χ0v) is 10.00. The second-order valence-electron chi connectivity index (χ2n) is 1.43. The van der Waals surface area contributed by atoms with Gasteiger partial charge in [-0.1, -0.05) is 0 Å². The van der Waals surface area contributed by atoms with Gasteiger partial charge in [0.15, 0.2) is 0 Å². The summed E-state index contributed by atoms with van der Waals surface area (Å²) in [6.07, 6.45) is -1.44. The van der Waals surface area contributed by atoms with Gasteiger partial charge in [-0.2, -0.15) is 0 Å². The lowest BCUT2D eigenvalue weighted by Crippen LogP contribution is -2.07. The highest BCUT2D eigenvalue weighted by Gasteiger charge is 1.97. The van der Waals surface area contributed by atoms with Crippen molar-refractivity contribution in [1.29, 1.82) is 0 Å². The van der Waals surface area contributed by atoms with E-state index in [2.05, 4.69) is 44.2 Å². The molecular formula is C10H26N2O3. The van der Waals surface area contributed by atoms with Crippen LogP contribution in [0.15, 0.2) is 39.5 Å². The normalized spacial score (nSPS) is 5.00. The molecular weight excluding hydrogens is 196 g/mol. The molecule has 0 aliphatic rings. The van der Waals surface area contributed by atoms with Crippen molar-refractivity contribution in [2.45, 2.75) is 20.0 Å². The fourth-order valence-corrected chi connectivity index (χ4v) is 0.202. The molecule has 0 radical (unpaired) electrons. The molecule has 15 heavy (non-hydrogen) atoms. The van der Waals surface area contributed by atoms with Crippen LogP contribution in [-0.4, -0.2) is 17.4 Å². The van der Waals surface area contributed by atoms with Crippen molar-refractivity contribution < 1.29 is 14.6 Å². The van der Waals surface area contributed by atoms with Gasteiger partial charge in [-0.25, -0.2) is 4.79 Å². The molecule has 0 saturated heterocycles. The topological polar surface area (TPSA) is 117 Å². The smallest absolute Gasteiger partial charge is 0.450 e. The molecule has 0 amide bonds. The average molecular weight is 222 g/mol. The Balaban J connectivity index is -0.0000000221. The van der Waals surface area contributed by atoms with Crippen LogP contribution in [0.1, 0.15) is 13.8 Å². The summed E-state index contributed by atoms with van der Waals surface area (Å²) in [5, 5.41) is 7.86. The first-order chi connectivity index (χ1) is 6.13. The van der Waals surface area contributed by atoms with Crippen LogP contribution in [0, 0.1) is 0 Å². The Hall–Kier alpha value is -1.59. The molecule has 0 aliphatic heterocycles. The minimum absolute atomic E-state index is 0. The molecule has 0 saturated carbocycles. The number of carboxylic acid groups (broad SMARTS) is 1. The Kier molecular flexibility index (Phi) is 138. The molecule has 5 nitrogen and oxygen atoms in total. The van der Waals surface area contributed by atoms with E-state index in [4.69, 9.17) is 5.11 Å². The van der Waals surface area contributed by atoms with Crippen LogP contribution in [0.25, 0.3) is 0 Å². The number of rotatable bonds is 1. The molecule has 7 N–H and O–H groups in total. The summed E-state index contributed by atoms with van der Waals surface area (Å²) in [5.41, 5.74) is 0. The molecule has 5 heteroatoms. The van der Waals surface area contributed by atoms with E-state index in [1.54, 1.807) is 13.8 Å². The Morgan fingerprint density at radius 1 is 1.00 bits per heavy atom. The van der Waals surface area contributed by atoms with E-state index < -0.39 is 6.16 Å². The predicted molar refractivity (Wildman–Crippen MR) is 68.1 cm³/mol. The average Bonchev–Trinajstić information content (AvgIpc) is 2.12. The van der Waals surface area contributed by atoms with Crippen LogP contribution in [0.5, 0.6) is 0 Å². The molecule has 0 aliphatic carbocycles. The molecule has 0 fully saturated rings. The molecule has 0 aromatic rings. The van der Waals surface area contributed by atoms with Gasteiger partial charge in [0.25, 0.3) is 0 Å². The van der Waals surface area contributed by atoms with E-state index in [0.717, 1.165) is 0 Å². The molecule has 0 atom stereocenters. The number of hydrogen-bond acceptors (Lipinski definition) is 4. The van der Waals surface area contributed by atoms with Gasteiger partial charge in [-0.15, -0.1) is 39.5 Å². The summed E-state index contributed by atoms with van der Waals surface area (Å²) in [4.78, 5) is 9.59. The first kappa shape index (κ1) is 37.6. The number of hydrogen-bond donors (Lipinski definition) is 3. The van der Waals surface area contributed by atoms with E-state index in [9.17, 15) is 4.79 Å². The van der Waals surface area contributed by atoms with Gasteiger partial charge >= 0.3 is 6.16 Å². The summed E-state index contributed by atoms with van der Waals surface area (Å²) in [6.45, 7) is 21.3. The molecule has 0 bridgehead atoms. The van der Waals surface area contributed by atoms with Crippen molar-refractivity contribution in [2.24, 2.45) is 0 Å². The van der Waals surface area contributed by atoms with E-state index in [1.165, 1.54) is 0 Å². The number of ether oxygens (including phenoxy) is 1. The zero-order chi connectivity index (χ0) is 11.9. The van der Waals surface area contributed by atoms with E-state index in [-0.39, 0.29) is 18.4 Å².